The summed E-state index contributed by atoms with van der Waals surface area (Å²) in [5, 5.41) is 8.74. The van der Waals surface area contributed by atoms with E-state index in [9.17, 15) is 0 Å². The Hall–Kier alpha value is -1.06. The summed E-state index contributed by atoms with van der Waals surface area (Å²) in [6.07, 6.45) is 2.14. The van der Waals surface area contributed by atoms with Crippen molar-refractivity contribution in [2.75, 3.05) is 20.2 Å². The second-order valence-electron chi connectivity index (χ2n) is 4.98. The molecule has 0 saturated heterocycles. The van der Waals surface area contributed by atoms with Crippen molar-refractivity contribution in [2.24, 2.45) is 0 Å². The molecule has 0 aliphatic rings. The summed E-state index contributed by atoms with van der Waals surface area (Å²) in [7, 11) is 2.11. The fourth-order valence-corrected chi connectivity index (χ4v) is 1.83. The van der Waals surface area contributed by atoms with Crippen LogP contribution in [-0.2, 0) is 6.54 Å². The zero-order chi connectivity index (χ0) is 13.4. The molecule has 1 aromatic carbocycles. The van der Waals surface area contributed by atoms with Gasteiger partial charge in [0, 0.05) is 13.2 Å². The number of hydrogen-bond acceptors (Lipinski definition) is 3. The lowest BCUT2D eigenvalue weighted by molar-refractivity contribution is 0.242. The summed E-state index contributed by atoms with van der Waals surface area (Å²) >= 11 is 0. The van der Waals surface area contributed by atoms with Gasteiger partial charge in [0.15, 0.2) is 0 Å². The van der Waals surface area contributed by atoms with Gasteiger partial charge in [-0.05, 0) is 58.0 Å². The summed E-state index contributed by atoms with van der Waals surface area (Å²) in [6, 6.07) is 8.27. The van der Waals surface area contributed by atoms with Crippen LogP contribution in [0.2, 0.25) is 0 Å². The highest BCUT2D eigenvalue weighted by molar-refractivity contribution is 5.27. The fraction of sp³-hybridized carbons (Fsp3) is 0.600. The van der Waals surface area contributed by atoms with Crippen LogP contribution in [-0.4, -0.2) is 36.3 Å². The molecular weight excluding hydrogens is 226 g/mol. The molecule has 18 heavy (non-hydrogen) atoms. The van der Waals surface area contributed by atoms with Crippen LogP contribution in [0.15, 0.2) is 24.3 Å². The van der Waals surface area contributed by atoms with Crippen LogP contribution in [0.5, 0.6) is 5.75 Å². The highest BCUT2D eigenvalue weighted by Gasteiger charge is 2.01. The number of benzene rings is 1. The van der Waals surface area contributed by atoms with Gasteiger partial charge in [-0.15, -0.1) is 0 Å². The van der Waals surface area contributed by atoms with Crippen LogP contribution in [0.4, 0.5) is 0 Å². The van der Waals surface area contributed by atoms with Crippen molar-refractivity contribution >= 4 is 0 Å². The summed E-state index contributed by atoms with van der Waals surface area (Å²) in [4.78, 5) is 2.27. The van der Waals surface area contributed by atoms with Gasteiger partial charge in [0.05, 0.1) is 6.10 Å². The molecule has 102 valence electrons. The first-order valence-corrected chi connectivity index (χ1v) is 6.67. The van der Waals surface area contributed by atoms with Crippen LogP contribution < -0.4 is 4.74 Å². The van der Waals surface area contributed by atoms with E-state index in [1.54, 1.807) is 0 Å². The Morgan fingerprint density at radius 1 is 1.17 bits per heavy atom. The molecule has 0 amide bonds. The highest BCUT2D eigenvalue weighted by atomic mass is 16.5. The third kappa shape index (κ3) is 6.03. The van der Waals surface area contributed by atoms with E-state index < -0.39 is 0 Å². The van der Waals surface area contributed by atoms with Gasteiger partial charge in [-0.3, -0.25) is 0 Å². The van der Waals surface area contributed by atoms with Crippen LogP contribution >= 0.6 is 0 Å². The molecule has 1 rings (SSSR count). The first kappa shape index (κ1) is 15.0. The number of hydrogen-bond donors (Lipinski definition) is 1. The Balaban J connectivity index is 2.38. The summed E-state index contributed by atoms with van der Waals surface area (Å²) in [5.41, 5.74) is 1.29. The Morgan fingerprint density at radius 3 is 2.39 bits per heavy atom. The number of aliphatic hydroxyl groups is 1. The monoisotopic (exact) mass is 251 g/mol. The van der Waals surface area contributed by atoms with Gasteiger partial charge in [-0.1, -0.05) is 12.1 Å². The molecule has 1 aromatic rings. The predicted octanol–water partition coefficient (Wildman–Crippen LogP) is 2.68. The number of aliphatic hydroxyl groups excluding tert-OH is 1. The molecule has 0 saturated carbocycles. The molecule has 0 bridgehead atoms. The predicted molar refractivity (Wildman–Crippen MR) is 74.9 cm³/mol. The minimum atomic E-state index is 0.219. The molecule has 1 N–H and O–H groups in total. The van der Waals surface area contributed by atoms with E-state index in [1.165, 1.54) is 5.56 Å². The van der Waals surface area contributed by atoms with Crippen molar-refractivity contribution in [3.63, 3.8) is 0 Å². The van der Waals surface area contributed by atoms with Crippen molar-refractivity contribution in [3.05, 3.63) is 29.8 Å². The van der Waals surface area contributed by atoms with E-state index in [2.05, 4.69) is 24.1 Å². The van der Waals surface area contributed by atoms with Crippen molar-refractivity contribution in [3.8, 4) is 5.75 Å². The topological polar surface area (TPSA) is 32.7 Å². The normalized spacial score (nSPS) is 11.2. The molecule has 0 heterocycles. The van der Waals surface area contributed by atoms with E-state index in [0.29, 0.717) is 0 Å². The molecule has 0 aromatic heterocycles. The number of nitrogens with zero attached hydrogens (tertiary/aromatic N) is 1. The number of unbranched alkanes of at least 4 members (excludes halogenated alkanes) is 1. The summed E-state index contributed by atoms with van der Waals surface area (Å²) < 4.78 is 5.61. The zero-order valence-corrected chi connectivity index (χ0v) is 11.7. The molecule has 0 unspecified atom stereocenters. The molecule has 0 radical (unpaired) electrons. The number of ether oxygens (including phenoxy) is 1. The third-order valence-corrected chi connectivity index (χ3v) is 2.70. The summed E-state index contributed by atoms with van der Waals surface area (Å²) in [6.45, 7) is 6.30. The zero-order valence-electron chi connectivity index (χ0n) is 11.7. The van der Waals surface area contributed by atoms with Gasteiger partial charge in [0.2, 0.25) is 0 Å². The maximum atomic E-state index is 8.74. The van der Waals surface area contributed by atoms with Crippen molar-refractivity contribution in [2.45, 2.75) is 39.3 Å². The van der Waals surface area contributed by atoms with Crippen molar-refractivity contribution in [1.29, 1.82) is 0 Å². The Morgan fingerprint density at radius 2 is 1.83 bits per heavy atom. The van der Waals surface area contributed by atoms with Crippen LogP contribution in [0.3, 0.4) is 0 Å². The van der Waals surface area contributed by atoms with Gasteiger partial charge in [0.1, 0.15) is 5.75 Å². The van der Waals surface area contributed by atoms with Crippen LogP contribution in [0, 0.1) is 0 Å². The van der Waals surface area contributed by atoms with Gasteiger partial charge < -0.3 is 14.7 Å². The average Bonchev–Trinajstić information content (AvgIpc) is 2.31. The molecule has 0 atom stereocenters. The third-order valence-electron chi connectivity index (χ3n) is 2.70. The standard InChI is InChI=1S/C15H25NO2/c1-13(2)18-15-8-6-14(7-9-15)12-16(3)10-4-5-11-17/h6-9,13,17H,4-5,10-12H2,1-3H3. The largest absolute Gasteiger partial charge is 0.491 e. The molecule has 3 nitrogen and oxygen atoms in total. The van der Waals surface area contributed by atoms with E-state index >= 15 is 0 Å². The quantitative estimate of drug-likeness (QED) is 0.721. The first-order valence-electron chi connectivity index (χ1n) is 6.67. The molecule has 0 aliphatic carbocycles. The molecule has 3 heteroatoms. The highest BCUT2D eigenvalue weighted by Crippen LogP contribution is 2.14. The second-order valence-corrected chi connectivity index (χ2v) is 4.98. The minimum Gasteiger partial charge on any atom is -0.491 e. The smallest absolute Gasteiger partial charge is 0.119 e. The van der Waals surface area contributed by atoms with Gasteiger partial charge in [0.25, 0.3) is 0 Å². The molecule has 0 spiro atoms. The molecule has 0 aliphatic heterocycles. The van der Waals surface area contributed by atoms with Crippen LogP contribution in [0.25, 0.3) is 0 Å². The van der Waals surface area contributed by atoms with Gasteiger partial charge in [-0.25, -0.2) is 0 Å². The maximum absolute atomic E-state index is 8.74. The van der Waals surface area contributed by atoms with E-state index in [-0.39, 0.29) is 12.7 Å². The van der Waals surface area contributed by atoms with E-state index in [4.69, 9.17) is 9.84 Å². The van der Waals surface area contributed by atoms with Crippen molar-refractivity contribution < 1.29 is 9.84 Å². The lowest BCUT2D eigenvalue weighted by Gasteiger charge is -2.17. The van der Waals surface area contributed by atoms with Gasteiger partial charge in [-0.2, -0.15) is 0 Å². The summed E-state index contributed by atoms with van der Waals surface area (Å²) in [5.74, 6) is 0.927. The Bertz CT molecular complexity index is 322. The van der Waals surface area contributed by atoms with Crippen molar-refractivity contribution in [1.82, 2.24) is 4.90 Å². The number of rotatable bonds is 8. The van der Waals surface area contributed by atoms with Gasteiger partial charge >= 0.3 is 0 Å². The molecule has 0 fully saturated rings. The Kier molecular flexibility index (Phi) is 6.76. The van der Waals surface area contributed by atoms with E-state index in [0.717, 1.165) is 31.7 Å². The Labute approximate surface area is 110 Å². The first-order chi connectivity index (χ1) is 8.61. The lowest BCUT2D eigenvalue weighted by atomic mass is 10.2. The average molecular weight is 251 g/mol. The maximum Gasteiger partial charge on any atom is 0.119 e. The second kappa shape index (κ2) is 8.11. The fourth-order valence-electron chi connectivity index (χ4n) is 1.83. The SMILES string of the molecule is CC(C)Oc1ccc(CN(C)CCCCO)cc1. The van der Waals surface area contributed by atoms with E-state index in [1.807, 2.05) is 26.0 Å². The van der Waals surface area contributed by atoms with Crippen LogP contribution in [0.1, 0.15) is 32.3 Å². The lowest BCUT2D eigenvalue weighted by Crippen LogP contribution is -2.19. The molecular formula is C15H25NO2. The minimum absolute atomic E-state index is 0.219.